The van der Waals surface area contributed by atoms with Crippen molar-refractivity contribution in [2.75, 3.05) is 5.43 Å². The average Bonchev–Trinajstić information content (AvgIpc) is 3.29. The lowest BCUT2D eigenvalue weighted by atomic mass is 10.1. The number of nitrogens with one attached hydrogen (secondary N) is 3. The number of benzene rings is 2. The summed E-state index contributed by atoms with van der Waals surface area (Å²) in [5.74, 6) is 0.186. The number of para-hydroxylation sites is 1. The molecule has 0 spiro atoms. The standard InChI is InChI=1S/C20H17N5O5/c26-19(16-7-4-10-30-16)17(24-23-12-5-2-1-3-6-12)18-20(27)22-15-11-13(25(28)29)8-9-14(15)21-18/h1-11,19,23,25-26,28H,(H,22,27)/b24-17-. The van der Waals surface area contributed by atoms with Gasteiger partial charge in [0, 0.05) is 12.1 Å². The third-order valence-corrected chi connectivity index (χ3v) is 4.33. The Bertz CT molecular complexity index is 1240. The Morgan fingerprint density at radius 1 is 1.20 bits per heavy atom. The highest BCUT2D eigenvalue weighted by atomic mass is 16.8. The lowest BCUT2D eigenvalue weighted by Gasteiger charge is -2.13. The van der Waals surface area contributed by atoms with Gasteiger partial charge in [0.2, 0.25) is 0 Å². The number of H-pyrrole nitrogens is 1. The summed E-state index contributed by atoms with van der Waals surface area (Å²) in [6.07, 6.45) is 0.0345. The van der Waals surface area contributed by atoms with E-state index in [4.69, 9.17) is 9.62 Å². The second-order valence-corrected chi connectivity index (χ2v) is 6.34. The fourth-order valence-electron chi connectivity index (χ4n) is 2.86. The lowest BCUT2D eigenvalue weighted by Crippen LogP contribution is -2.99. The van der Waals surface area contributed by atoms with E-state index in [2.05, 4.69) is 20.5 Å². The molecule has 0 bridgehead atoms. The summed E-state index contributed by atoms with van der Waals surface area (Å²) in [4.78, 5) is 19.6. The van der Waals surface area contributed by atoms with Crippen molar-refractivity contribution >= 4 is 28.1 Å². The fraction of sp³-hybridized carbons (Fsp3) is 0.0500. The summed E-state index contributed by atoms with van der Waals surface area (Å²) in [6.45, 7) is 0. The van der Waals surface area contributed by atoms with Crippen LogP contribution in [0.2, 0.25) is 0 Å². The van der Waals surface area contributed by atoms with Gasteiger partial charge in [0.25, 0.3) is 5.56 Å². The largest absolute Gasteiger partial charge is 0.595 e. The highest BCUT2D eigenvalue weighted by molar-refractivity contribution is 6.03. The highest BCUT2D eigenvalue weighted by Gasteiger charge is 2.24. The van der Waals surface area contributed by atoms with E-state index in [9.17, 15) is 15.1 Å². The summed E-state index contributed by atoms with van der Waals surface area (Å²) in [6, 6.07) is 16.3. The number of hydrogen-bond donors (Lipinski definition) is 5. The zero-order valence-corrected chi connectivity index (χ0v) is 15.4. The van der Waals surface area contributed by atoms with Crippen molar-refractivity contribution < 1.29 is 20.0 Å². The van der Waals surface area contributed by atoms with Crippen molar-refractivity contribution in [2.24, 2.45) is 5.10 Å². The van der Waals surface area contributed by atoms with Crippen LogP contribution in [0.1, 0.15) is 17.6 Å². The SMILES string of the molecule is O=c1[nH]c2cc([NH+]([O-])O)ccc2nc1/C(=N/Nc1ccccc1)C(O)c1ccco1. The number of anilines is 1. The first-order valence-corrected chi connectivity index (χ1v) is 8.91. The van der Waals surface area contributed by atoms with Crippen LogP contribution >= 0.6 is 0 Å². The lowest BCUT2D eigenvalue weighted by molar-refractivity contribution is -0.991. The van der Waals surface area contributed by atoms with Gasteiger partial charge in [0.15, 0.2) is 17.5 Å². The average molecular weight is 407 g/mol. The number of nitrogens with zero attached hydrogens (tertiary/aromatic N) is 2. The van der Waals surface area contributed by atoms with Gasteiger partial charge in [-0.1, -0.05) is 18.2 Å². The van der Waals surface area contributed by atoms with Crippen LogP contribution < -0.4 is 16.2 Å². The molecule has 0 aliphatic rings. The van der Waals surface area contributed by atoms with E-state index in [1.165, 1.54) is 24.5 Å². The Hall–Kier alpha value is -3.83. The summed E-state index contributed by atoms with van der Waals surface area (Å²) in [5, 5.41) is 34.2. The molecule has 0 radical (unpaired) electrons. The van der Waals surface area contributed by atoms with Crippen molar-refractivity contribution in [2.45, 2.75) is 6.10 Å². The van der Waals surface area contributed by atoms with Crippen molar-refractivity contribution in [3.05, 3.63) is 93.9 Å². The third kappa shape index (κ3) is 3.97. The fourth-order valence-corrected chi connectivity index (χ4v) is 2.86. The van der Waals surface area contributed by atoms with Gasteiger partial charge in [-0.2, -0.15) is 10.3 Å². The van der Waals surface area contributed by atoms with Gasteiger partial charge in [-0.15, -0.1) is 0 Å². The number of fused-ring (bicyclic) bond motifs is 1. The molecule has 10 nitrogen and oxygen atoms in total. The van der Waals surface area contributed by atoms with Gasteiger partial charge in [-0.05, 0) is 30.3 Å². The first-order valence-electron chi connectivity index (χ1n) is 8.91. The molecule has 10 heteroatoms. The molecule has 2 heterocycles. The van der Waals surface area contributed by atoms with E-state index >= 15 is 0 Å². The van der Waals surface area contributed by atoms with Crippen molar-refractivity contribution in [1.82, 2.24) is 9.97 Å². The third-order valence-electron chi connectivity index (χ3n) is 4.33. The van der Waals surface area contributed by atoms with Crippen LogP contribution in [0.3, 0.4) is 0 Å². The van der Waals surface area contributed by atoms with E-state index in [0.29, 0.717) is 11.2 Å². The quantitative estimate of drug-likeness (QED) is 0.240. The van der Waals surface area contributed by atoms with Crippen LogP contribution in [0.25, 0.3) is 11.0 Å². The van der Waals surface area contributed by atoms with Gasteiger partial charge in [0.05, 0.1) is 23.0 Å². The van der Waals surface area contributed by atoms with Gasteiger partial charge >= 0.3 is 0 Å². The Kier molecular flexibility index (Phi) is 5.37. The van der Waals surface area contributed by atoms with Crippen LogP contribution in [0.5, 0.6) is 0 Å². The molecule has 2 atom stereocenters. The van der Waals surface area contributed by atoms with Crippen LogP contribution in [0.4, 0.5) is 11.4 Å². The van der Waals surface area contributed by atoms with Gasteiger partial charge < -0.3 is 19.7 Å². The molecule has 0 aliphatic carbocycles. The molecule has 0 amide bonds. The van der Waals surface area contributed by atoms with Gasteiger partial charge in [0.1, 0.15) is 11.5 Å². The monoisotopic (exact) mass is 407 g/mol. The maximum absolute atomic E-state index is 12.7. The smallest absolute Gasteiger partial charge is 0.276 e. The first-order chi connectivity index (χ1) is 14.5. The Morgan fingerprint density at radius 2 is 2.00 bits per heavy atom. The summed E-state index contributed by atoms with van der Waals surface area (Å²) in [5.41, 5.74) is 3.24. The van der Waals surface area contributed by atoms with E-state index < -0.39 is 16.9 Å². The molecule has 2 aromatic heterocycles. The van der Waals surface area contributed by atoms with Crippen molar-refractivity contribution in [3.8, 4) is 0 Å². The van der Waals surface area contributed by atoms with E-state index in [1.54, 1.807) is 24.3 Å². The van der Waals surface area contributed by atoms with Gasteiger partial charge in [-0.25, -0.2) is 10.2 Å². The van der Waals surface area contributed by atoms with Crippen LogP contribution in [0.15, 0.2) is 81.2 Å². The molecule has 5 N–H and O–H groups in total. The second-order valence-electron chi connectivity index (χ2n) is 6.34. The number of aromatic amines is 1. The van der Waals surface area contributed by atoms with Crippen LogP contribution in [-0.4, -0.2) is 26.0 Å². The van der Waals surface area contributed by atoms with Crippen LogP contribution in [0, 0.1) is 5.21 Å². The normalized spacial score (nSPS) is 13.9. The van der Waals surface area contributed by atoms with Crippen molar-refractivity contribution in [3.63, 3.8) is 0 Å². The molecule has 30 heavy (non-hydrogen) atoms. The summed E-state index contributed by atoms with van der Waals surface area (Å²) in [7, 11) is 0. The molecular formula is C20H17N5O5. The number of quaternary nitrogens is 1. The van der Waals surface area contributed by atoms with E-state index in [0.717, 1.165) is 0 Å². The molecule has 4 aromatic rings. The minimum Gasteiger partial charge on any atom is -0.595 e. The summed E-state index contributed by atoms with van der Waals surface area (Å²) < 4.78 is 5.26. The predicted octanol–water partition coefficient (Wildman–Crippen LogP) is 1.47. The van der Waals surface area contributed by atoms with E-state index in [1.807, 2.05) is 18.2 Å². The Labute approximate surface area is 169 Å². The number of aliphatic hydroxyl groups is 1. The number of hydrazone groups is 1. The van der Waals surface area contributed by atoms with Gasteiger partial charge in [-0.3, -0.25) is 10.2 Å². The molecule has 2 unspecified atom stereocenters. The predicted molar refractivity (Wildman–Crippen MR) is 108 cm³/mol. The van der Waals surface area contributed by atoms with E-state index in [-0.39, 0.29) is 28.4 Å². The Balaban J connectivity index is 1.81. The maximum Gasteiger partial charge on any atom is 0.276 e. The second kappa shape index (κ2) is 8.27. The number of aromatic nitrogens is 2. The number of furan rings is 1. The molecule has 0 fully saturated rings. The number of rotatable bonds is 6. The zero-order valence-electron chi connectivity index (χ0n) is 15.4. The van der Waals surface area contributed by atoms with Crippen LogP contribution in [-0.2, 0) is 0 Å². The Morgan fingerprint density at radius 3 is 2.70 bits per heavy atom. The summed E-state index contributed by atoms with van der Waals surface area (Å²) >= 11 is 0. The zero-order chi connectivity index (χ0) is 21.1. The topological polar surface area (TPSA) is 151 Å². The first kappa shape index (κ1) is 19.5. The van der Waals surface area contributed by atoms with Crippen molar-refractivity contribution in [1.29, 1.82) is 0 Å². The molecule has 0 saturated carbocycles. The molecule has 152 valence electrons. The minimum atomic E-state index is -1.36. The molecular weight excluding hydrogens is 390 g/mol. The molecule has 0 aliphatic heterocycles. The minimum absolute atomic E-state index is 0.0166. The highest BCUT2D eigenvalue weighted by Crippen LogP contribution is 2.20. The molecule has 4 rings (SSSR count). The maximum atomic E-state index is 12.7. The number of aliphatic hydroxyl groups excluding tert-OH is 1. The number of hydrogen-bond acceptors (Lipinski definition) is 8. The molecule has 0 saturated heterocycles. The molecule has 2 aromatic carbocycles.